The summed E-state index contributed by atoms with van der Waals surface area (Å²) in [6.45, 7) is 5.45. The Balaban J connectivity index is 1.56. The third-order valence-electron chi connectivity index (χ3n) is 3.98. The van der Waals surface area contributed by atoms with Crippen LogP contribution in [0.4, 0.5) is 5.82 Å². The van der Waals surface area contributed by atoms with Crippen LogP contribution in [-0.4, -0.2) is 40.2 Å². The molecule has 3 heterocycles. The number of carbonyl (C=O) groups excluding carboxylic acids is 1. The van der Waals surface area contributed by atoms with E-state index in [1.165, 1.54) is 17.7 Å². The van der Waals surface area contributed by atoms with Crippen molar-refractivity contribution in [3.05, 3.63) is 34.7 Å². The number of likely N-dealkylation sites (tertiary alicyclic amines) is 1. The summed E-state index contributed by atoms with van der Waals surface area (Å²) in [6, 6.07) is 5.96. The van der Waals surface area contributed by atoms with Crippen molar-refractivity contribution in [2.45, 2.75) is 26.3 Å². The predicted octanol–water partition coefficient (Wildman–Crippen LogP) is 2.66. The molecule has 1 atom stereocenters. The summed E-state index contributed by atoms with van der Waals surface area (Å²) in [5.41, 5.74) is 0. The van der Waals surface area contributed by atoms with Gasteiger partial charge >= 0.3 is 0 Å². The Bertz CT molecular complexity index is 607. The van der Waals surface area contributed by atoms with Gasteiger partial charge in [-0.1, -0.05) is 13.0 Å². The molecule has 118 valence electrons. The second kappa shape index (κ2) is 7.07. The minimum atomic E-state index is 0.0435. The predicted molar refractivity (Wildman–Crippen MR) is 89.1 cm³/mol. The molecule has 0 aromatic carbocycles. The Kier molecular flexibility index (Phi) is 4.90. The molecule has 3 rings (SSSR count). The number of carbonyl (C=O) groups is 1. The van der Waals surface area contributed by atoms with Gasteiger partial charge in [-0.3, -0.25) is 9.69 Å². The lowest BCUT2D eigenvalue weighted by atomic mass is 10.0. The maximum absolute atomic E-state index is 12.2. The topological polar surface area (TPSA) is 50.2 Å². The largest absolute Gasteiger partial charge is 0.310 e. The maximum Gasteiger partial charge on any atom is 0.239 e. The van der Waals surface area contributed by atoms with E-state index in [0.29, 0.717) is 19.0 Å². The summed E-state index contributed by atoms with van der Waals surface area (Å²) < 4.78 is 1.84. The first-order valence-corrected chi connectivity index (χ1v) is 8.65. The van der Waals surface area contributed by atoms with Crippen LogP contribution in [0.15, 0.2) is 29.8 Å². The summed E-state index contributed by atoms with van der Waals surface area (Å²) in [4.78, 5) is 15.7. The summed E-state index contributed by atoms with van der Waals surface area (Å²) >= 11 is 1.70. The highest BCUT2D eigenvalue weighted by Crippen LogP contribution is 2.16. The summed E-state index contributed by atoms with van der Waals surface area (Å²) in [5.74, 6) is 1.50. The number of aromatic nitrogens is 2. The van der Waals surface area contributed by atoms with Crippen LogP contribution in [0.2, 0.25) is 0 Å². The Morgan fingerprint density at radius 2 is 2.41 bits per heavy atom. The lowest BCUT2D eigenvalue weighted by molar-refractivity contribution is -0.117. The molecule has 1 amide bonds. The Hall–Kier alpha value is -1.66. The first-order valence-electron chi connectivity index (χ1n) is 7.77. The number of anilines is 1. The van der Waals surface area contributed by atoms with Crippen molar-refractivity contribution in [3.63, 3.8) is 0 Å². The van der Waals surface area contributed by atoms with E-state index in [-0.39, 0.29) is 5.91 Å². The molecule has 6 heteroatoms. The molecule has 1 aliphatic heterocycles. The summed E-state index contributed by atoms with van der Waals surface area (Å²) in [6.07, 6.45) is 4.18. The van der Waals surface area contributed by atoms with Crippen LogP contribution in [0.1, 0.15) is 24.6 Å². The number of thiophene rings is 1. The molecule has 0 bridgehead atoms. The van der Waals surface area contributed by atoms with Crippen LogP contribution in [-0.2, 0) is 11.3 Å². The average molecular weight is 318 g/mol. The molecule has 1 unspecified atom stereocenters. The van der Waals surface area contributed by atoms with E-state index >= 15 is 0 Å². The van der Waals surface area contributed by atoms with Crippen molar-refractivity contribution in [2.24, 2.45) is 5.92 Å². The average Bonchev–Trinajstić information content (AvgIpc) is 3.12. The van der Waals surface area contributed by atoms with E-state index in [0.717, 1.165) is 18.9 Å². The van der Waals surface area contributed by atoms with Crippen LogP contribution >= 0.6 is 11.3 Å². The number of amides is 1. The van der Waals surface area contributed by atoms with Crippen LogP contribution in [0.3, 0.4) is 0 Å². The fourth-order valence-electron chi connectivity index (χ4n) is 2.93. The second-order valence-electron chi connectivity index (χ2n) is 5.98. The lowest BCUT2D eigenvalue weighted by Crippen LogP contribution is -2.40. The molecule has 22 heavy (non-hydrogen) atoms. The van der Waals surface area contributed by atoms with Gasteiger partial charge in [0.15, 0.2) is 0 Å². The van der Waals surface area contributed by atoms with Gasteiger partial charge in [0, 0.05) is 17.5 Å². The molecule has 0 radical (unpaired) electrons. The Labute approximate surface area is 134 Å². The van der Waals surface area contributed by atoms with Gasteiger partial charge in [0.2, 0.25) is 5.91 Å². The first-order chi connectivity index (χ1) is 10.7. The third-order valence-corrected chi connectivity index (χ3v) is 4.84. The molecule has 5 nitrogen and oxygen atoms in total. The number of nitrogens with one attached hydrogen (secondary N) is 1. The summed E-state index contributed by atoms with van der Waals surface area (Å²) in [5, 5.41) is 9.34. The van der Waals surface area contributed by atoms with Crippen molar-refractivity contribution in [2.75, 3.05) is 25.0 Å². The zero-order valence-corrected chi connectivity index (χ0v) is 13.7. The fourth-order valence-corrected chi connectivity index (χ4v) is 3.62. The maximum atomic E-state index is 12.2. The van der Waals surface area contributed by atoms with E-state index in [4.69, 9.17) is 0 Å². The number of rotatable bonds is 5. The molecule has 1 fully saturated rings. The number of piperidine rings is 1. The van der Waals surface area contributed by atoms with Gasteiger partial charge in [0.05, 0.1) is 19.3 Å². The van der Waals surface area contributed by atoms with Crippen LogP contribution in [0.5, 0.6) is 0 Å². The summed E-state index contributed by atoms with van der Waals surface area (Å²) in [7, 11) is 0. The lowest BCUT2D eigenvalue weighted by Gasteiger charge is -2.30. The van der Waals surface area contributed by atoms with Crippen molar-refractivity contribution < 1.29 is 4.79 Å². The highest BCUT2D eigenvalue weighted by molar-refractivity contribution is 7.09. The molecular weight excluding hydrogens is 296 g/mol. The third kappa shape index (κ3) is 3.96. The molecule has 2 aromatic heterocycles. The van der Waals surface area contributed by atoms with Crippen molar-refractivity contribution in [1.29, 1.82) is 0 Å². The smallest absolute Gasteiger partial charge is 0.239 e. The van der Waals surface area contributed by atoms with Crippen molar-refractivity contribution in [1.82, 2.24) is 14.7 Å². The minimum absolute atomic E-state index is 0.0435. The van der Waals surface area contributed by atoms with Crippen LogP contribution in [0.25, 0.3) is 0 Å². The van der Waals surface area contributed by atoms with Gasteiger partial charge in [-0.2, -0.15) is 5.10 Å². The van der Waals surface area contributed by atoms with Gasteiger partial charge < -0.3 is 5.32 Å². The molecule has 0 saturated carbocycles. The van der Waals surface area contributed by atoms with Gasteiger partial charge in [0.25, 0.3) is 0 Å². The molecule has 1 saturated heterocycles. The Morgan fingerprint density at radius 1 is 1.50 bits per heavy atom. The fraction of sp³-hybridized carbons (Fsp3) is 0.500. The second-order valence-corrected chi connectivity index (χ2v) is 7.02. The first kappa shape index (κ1) is 15.2. The van der Waals surface area contributed by atoms with Crippen LogP contribution < -0.4 is 5.32 Å². The monoisotopic (exact) mass is 318 g/mol. The molecule has 2 aromatic rings. The number of hydrogen-bond donors (Lipinski definition) is 1. The molecule has 1 aliphatic rings. The Morgan fingerprint density at radius 3 is 3.18 bits per heavy atom. The standard InChI is InChI=1S/C16H22N4OS/c1-13-4-2-8-19(10-13)12-16(21)18-15-6-7-17-20(15)11-14-5-3-9-22-14/h3,5-7,9,13H,2,4,8,10-12H2,1H3,(H,18,21). The number of hydrogen-bond acceptors (Lipinski definition) is 4. The molecular formula is C16H22N4OS. The molecule has 1 N–H and O–H groups in total. The highest BCUT2D eigenvalue weighted by Gasteiger charge is 2.19. The van der Waals surface area contributed by atoms with Gasteiger partial charge in [0.1, 0.15) is 5.82 Å². The van der Waals surface area contributed by atoms with E-state index in [9.17, 15) is 4.79 Å². The van der Waals surface area contributed by atoms with E-state index in [1.807, 2.05) is 16.8 Å². The van der Waals surface area contributed by atoms with Gasteiger partial charge in [-0.05, 0) is 36.8 Å². The van der Waals surface area contributed by atoms with Crippen molar-refractivity contribution >= 4 is 23.1 Å². The molecule has 0 spiro atoms. The van der Waals surface area contributed by atoms with Gasteiger partial charge in [-0.15, -0.1) is 11.3 Å². The van der Waals surface area contributed by atoms with Crippen molar-refractivity contribution in [3.8, 4) is 0 Å². The van der Waals surface area contributed by atoms with Gasteiger partial charge in [-0.25, -0.2) is 4.68 Å². The SMILES string of the molecule is CC1CCCN(CC(=O)Nc2ccnn2Cc2cccs2)C1. The van der Waals surface area contributed by atoms with E-state index in [2.05, 4.69) is 33.7 Å². The molecule has 0 aliphatic carbocycles. The zero-order chi connectivity index (χ0) is 15.4. The quantitative estimate of drug-likeness (QED) is 0.922. The van der Waals surface area contributed by atoms with E-state index in [1.54, 1.807) is 17.5 Å². The van der Waals surface area contributed by atoms with Crippen LogP contribution in [0, 0.1) is 5.92 Å². The normalized spacial score (nSPS) is 19.2. The van der Waals surface area contributed by atoms with E-state index < -0.39 is 0 Å². The highest BCUT2D eigenvalue weighted by atomic mass is 32.1. The zero-order valence-electron chi connectivity index (χ0n) is 12.9. The minimum Gasteiger partial charge on any atom is -0.310 e. The number of nitrogens with zero attached hydrogens (tertiary/aromatic N) is 3.